The van der Waals surface area contributed by atoms with Gasteiger partial charge in [0.25, 0.3) is 0 Å². The van der Waals surface area contributed by atoms with Crippen molar-refractivity contribution in [2.45, 2.75) is 69.9 Å². The minimum Gasteiger partial charge on any atom is -0.374 e. The van der Waals surface area contributed by atoms with Crippen LogP contribution >= 0.6 is 0 Å². The van der Waals surface area contributed by atoms with E-state index in [1.165, 1.54) is 19.3 Å². The van der Waals surface area contributed by atoms with Gasteiger partial charge in [-0.15, -0.1) is 0 Å². The smallest absolute Gasteiger partial charge is 0.321 e. The van der Waals surface area contributed by atoms with E-state index in [9.17, 15) is 14.4 Å². The summed E-state index contributed by atoms with van der Waals surface area (Å²) in [4.78, 5) is 39.1. The summed E-state index contributed by atoms with van der Waals surface area (Å²) in [7, 11) is 0. The molecule has 0 radical (unpaired) electrons. The molecular weight excluding hydrogens is 392 g/mol. The fourth-order valence-corrected chi connectivity index (χ4v) is 6.76. The van der Waals surface area contributed by atoms with Gasteiger partial charge in [-0.05, 0) is 87.8 Å². The van der Waals surface area contributed by atoms with E-state index in [1.807, 2.05) is 24.3 Å². The first kappa shape index (κ1) is 20.3. The molecule has 3 N–H and O–H groups in total. The molecule has 166 valence electrons. The van der Waals surface area contributed by atoms with E-state index in [1.54, 1.807) is 11.8 Å². The predicted molar refractivity (Wildman–Crippen MR) is 119 cm³/mol. The minimum atomic E-state index is -0.577. The molecule has 4 saturated carbocycles. The summed E-state index contributed by atoms with van der Waals surface area (Å²) < 4.78 is 0. The van der Waals surface area contributed by atoms with Crippen LogP contribution in [0.15, 0.2) is 24.3 Å². The third kappa shape index (κ3) is 4.14. The van der Waals surface area contributed by atoms with Crippen LogP contribution in [0.4, 0.5) is 16.2 Å². The number of imide groups is 1. The van der Waals surface area contributed by atoms with Crippen molar-refractivity contribution in [2.24, 2.45) is 17.8 Å². The lowest BCUT2D eigenvalue weighted by Gasteiger charge is -2.56. The van der Waals surface area contributed by atoms with Crippen LogP contribution in [-0.4, -0.2) is 36.0 Å². The molecule has 31 heavy (non-hydrogen) atoms. The third-order valence-electron chi connectivity index (χ3n) is 7.66. The van der Waals surface area contributed by atoms with E-state index < -0.39 is 6.04 Å². The first-order chi connectivity index (χ1) is 14.9. The summed E-state index contributed by atoms with van der Waals surface area (Å²) in [5.41, 5.74) is 1.47. The van der Waals surface area contributed by atoms with Crippen molar-refractivity contribution in [2.75, 3.05) is 16.8 Å². The second-order valence-electron chi connectivity index (χ2n) is 10.2. The van der Waals surface area contributed by atoms with Gasteiger partial charge >= 0.3 is 6.03 Å². The molecule has 1 atom stereocenters. The van der Waals surface area contributed by atoms with Crippen molar-refractivity contribution in [3.63, 3.8) is 0 Å². The number of anilines is 2. The standard InChI is InChI=1S/C24H32N4O3/c1-15(25-19-4-2-5-20(11-19)28-7-3-6-21(28)29)22(30)26-23(31)27-24-12-16-8-17(13-24)10-18(9-16)14-24/h2,4-5,11,15-18,25H,3,6-10,12-14H2,1H3,(H2,26,27,30,31). The zero-order valence-electron chi connectivity index (χ0n) is 18.2. The van der Waals surface area contributed by atoms with E-state index in [-0.39, 0.29) is 23.4 Å². The van der Waals surface area contributed by atoms with E-state index in [0.29, 0.717) is 6.42 Å². The van der Waals surface area contributed by atoms with Gasteiger partial charge in [0.15, 0.2) is 0 Å². The van der Waals surface area contributed by atoms with Crippen LogP contribution in [-0.2, 0) is 9.59 Å². The average Bonchev–Trinajstić information content (AvgIpc) is 3.12. The number of hydrogen-bond acceptors (Lipinski definition) is 4. The molecule has 7 heteroatoms. The molecule has 1 heterocycles. The average molecular weight is 425 g/mol. The lowest BCUT2D eigenvalue weighted by molar-refractivity contribution is -0.120. The molecule has 5 aliphatic rings. The number of urea groups is 1. The monoisotopic (exact) mass is 424 g/mol. The normalized spacial score (nSPS) is 32.1. The molecule has 4 amide bonds. The maximum atomic E-state index is 12.6. The highest BCUT2D eigenvalue weighted by Crippen LogP contribution is 2.55. The molecule has 1 saturated heterocycles. The van der Waals surface area contributed by atoms with Crippen LogP contribution in [0.5, 0.6) is 0 Å². The van der Waals surface area contributed by atoms with Crippen molar-refractivity contribution < 1.29 is 14.4 Å². The van der Waals surface area contributed by atoms with E-state index >= 15 is 0 Å². The van der Waals surface area contributed by atoms with Crippen molar-refractivity contribution in [3.05, 3.63) is 24.3 Å². The molecule has 0 aromatic heterocycles. The summed E-state index contributed by atoms with van der Waals surface area (Å²) >= 11 is 0. The quantitative estimate of drug-likeness (QED) is 0.676. The Morgan fingerprint density at radius 3 is 2.39 bits per heavy atom. The number of benzene rings is 1. The Morgan fingerprint density at radius 2 is 1.77 bits per heavy atom. The van der Waals surface area contributed by atoms with Crippen LogP contribution in [0.1, 0.15) is 58.3 Å². The van der Waals surface area contributed by atoms with Crippen molar-refractivity contribution >= 4 is 29.2 Å². The topological polar surface area (TPSA) is 90.5 Å². The number of hydrogen-bond donors (Lipinski definition) is 3. The molecule has 1 aliphatic heterocycles. The fourth-order valence-electron chi connectivity index (χ4n) is 6.76. The van der Waals surface area contributed by atoms with Gasteiger partial charge in [0.05, 0.1) is 0 Å². The summed E-state index contributed by atoms with van der Waals surface area (Å²) in [5, 5.41) is 8.87. The van der Waals surface area contributed by atoms with Crippen molar-refractivity contribution in [1.82, 2.24) is 10.6 Å². The molecule has 6 rings (SSSR count). The van der Waals surface area contributed by atoms with E-state index in [4.69, 9.17) is 0 Å². The Hall–Kier alpha value is -2.57. The summed E-state index contributed by atoms with van der Waals surface area (Å²) in [6.07, 6.45) is 8.53. The number of rotatable bonds is 5. The summed E-state index contributed by atoms with van der Waals surface area (Å²) in [6, 6.07) is 6.56. The highest BCUT2D eigenvalue weighted by atomic mass is 16.2. The van der Waals surface area contributed by atoms with Gasteiger partial charge in [-0.25, -0.2) is 4.79 Å². The Morgan fingerprint density at radius 1 is 1.10 bits per heavy atom. The molecule has 1 aromatic rings. The SMILES string of the molecule is CC(Nc1cccc(N2CCCC2=O)c1)C(=O)NC(=O)NC12CC3CC(CC(C3)C1)C2. The van der Waals surface area contributed by atoms with Gasteiger partial charge in [-0.2, -0.15) is 0 Å². The molecule has 1 unspecified atom stereocenters. The van der Waals surface area contributed by atoms with Gasteiger partial charge in [-0.3, -0.25) is 14.9 Å². The van der Waals surface area contributed by atoms with E-state index in [0.717, 1.165) is 61.4 Å². The number of nitrogens with zero attached hydrogens (tertiary/aromatic N) is 1. The van der Waals surface area contributed by atoms with Crippen LogP contribution in [0.25, 0.3) is 0 Å². The number of amides is 4. The summed E-state index contributed by atoms with van der Waals surface area (Å²) in [6.45, 7) is 2.46. The van der Waals surface area contributed by atoms with Crippen LogP contribution < -0.4 is 20.9 Å². The number of nitrogens with one attached hydrogen (secondary N) is 3. The van der Waals surface area contributed by atoms with Gasteiger partial charge < -0.3 is 15.5 Å². The van der Waals surface area contributed by atoms with Crippen LogP contribution in [0.2, 0.25) is 0 Å². The lowest BCUT2D eigenvalue weighted by atomic mass is 9.53. The number of carbonyl (C=O) groups excluding carboxylic acids is 3. The Labute approximate surface area is 183 Å². The van der Waals surface area contributed by atoms with Crippen LogP contribution in [0.3, 0.4) is 0 Å². The fraction of sp³-hybridized carbons (Fsp3) is 0.625. The lowest BCUT2D eigenvalue weighted by Crippen LogP contribution is -2.62. The number of carbonyl (C=O) groups is 3. The second kappa shape index (κ2) is 7.84. The molecule has 7 nitrogen and oxygen atoms in total. The molecule has 5 fully saturated rings. The predicted octanol–water partition coefficient (Wildman–Crippen LogP) is 3.41. The third-order valence-corrected chi connectivity index (χ3v) is 7.66. The minimum absolute atomic E-state index is 0.119. The maximum absolute atomic E-state index is 12.6. The highest BCUT2D eigenvalue weighted by Gasteiger charge is 2.51. The Bertz CT molecular complexity index is 863. The zero-order chi connectivity index (χ0) is 21.6. The molecule has 4 aliphatic carbocycles. The Balaban J connectivity index is 1.16. The van der Waals surface area contributed by atoms with Gasteiger partial charge in [0, 0.05) is 29.9 Å². The first-order valence-corrected chi connectivity index (χ1v) is 11.7. The Kier molecular flexibility index (Phi) is 5.15. The largest absolute Gasteiger partial charge is 0.374 e. The maximum Gasteiger partial charge on any atom is 0.321 e. The van der Waals surface area contributed by atoms with Crippen molar-refractivity contribution in [3.8, 4) is 0 Å². The van der Waals surface area contributed by atoms with Gasteiger partial charge in [-0.1, -0.05) is 6.07 Å². The zero-order valence-corrected chi connectivity index (χ0v) is 18.2. The molecule has 0 spiro atoms. The van der Waals surface area contributed by atoms with Crippen molar-refractivity contribution in [1.29, 1.82) is 0 Å². The van der Waals surface area contributed by atoms with Gasteiger partial charge in [0.2, 0.25) is 11.8 Å². The van der Waals surface area contributed by atoms with Gasteiger partial charge in [0.1, 0.15) is 6.04 Å². The molecule has 1 aromatic carbocycles. The summed E-state index contributed by atoms with van der Waals surface area (Å²) in [5.74, 6) is 1.97. The first-order valence-electron chi connectivity index (χ1n) is 11.7. The molecular formula is C24H32N4O3. The highest BCUT2D eigenvalue weighted by molar-refractivity contribution is 5.98. The second-order valence-corrected chi connectivity index (χ2v) is 10.2. The van der Waals surface area contributed by atoms with Crippen LogP contribution in [0, 0.1) is 17.8 Å². The van der Waals surface area contributed by atoms with E-state index in [2.05, 4.69) is 16.0 Å². The molecule has 4 bridgehead atoms.